The van der Waals surface area contributed by atoms with Crippen molar-refractivity contribution in [2.75, 3.05) is 13.7 Å². The average molecular weight is 277 g/mol. The van der Waals surface area contributed by atoms with Gasteiger partial charge in [0.1, 0.15) is 0 Å². The summed E-state index contributed by atoms with van der Waals surface area (Å²) < 4.78 is 5.20. The zero-order valence-corrected chi connectivity index (χ0v) is 11.9. The van der Waals surface area contributed by atoms with Crippen LogP contribution in [0.25, 0.3) is 0 Å². The van der Waals surface area contributed by atoms with E-state index in [0.717, 1.165) is 37.8 Å². The largest absolute Gasteiger partial charge is 0.504 e. The van der Waals surface area contributed by atoms with Crippen molar-refractivity contribution >= 4 is 0 Å². The molecule has 2 aliphatic rings. The molecule has 0 bridgehead atoms. The third-order valence-corrected chi connectivity index (χ3v) is 4.95. The molecule has 4 nitrogen and oxygen atoms in total. The molecule has 110 valence electrons. The Bertz CT molecular complexity index is 487. The highest BCUT2D eigenvalue weighted by Gasteiger charge is 2.45. The third-order valence-electron chi connectivity index (χ3n) is 4.95. The Hall–Kier alpha value is -1.26. The predicted molar refractivity (Wildman–Crippen MR) is 76.9 cm³/mol. The third kappa shape index (κ3) is 2.27. The number of piperidine rings is 1. The number of benzene rings is 1. The number of nitrogens with one attached hydrogen (secondary N) is 1. The zero-order chi connectivity index (χ0) is 14.2. The minimum absolute atomic E-state index is 0.142. The lowest BCUT2D eigenvalue weighted by molar-refractivity contribution is -0.0861. The number of hydrogen-bond acceptors (Lipinski definition) is 4. The molecule has 1 saturated carbocycles. The van der Waals surface area contributed by atoms with Crippen molar-refractivity contribution in [3.05, 3.63) is 23.8 Å². The number of methoxy groups -OCH3 is 1. The summed E-state index contributed by atoms with van der Waals surface area (Å²) in [6.45, 7) is 0.834. The van der Waals surface area contributed by atoms with Crippen molar-refractivity contribution < 1.29 is 14.9 Å². The summed E-state index contributed by atoms with van der Waals surface area (Å²) >= 11 is 0. The molecule has 1 aliphatic heterocycles. The van der Waals surface area contributed by atoms with Crippen molar-refractivity contribution in [2.24, 2.45) is 5.92 Å². The van der Waals surface area contributed by atoms with Crippen molar-refractivity contribution in [3.8, 4) is 11.5 Å². The van der Waals surface area contributed by atoms with Gasteiger partial charge in [-0.05, 0) is 43.5 Å². The second kappa shape index (κ2) is 5.26. The lowest BCUT2D eigenvalue weighted by Gasteiger charge is -2.48. The number of fused-ring (bicyclic) bond motifs is 1. The number of phenolic OH excluding ortho intramolecular Hbond substituents is 1. The first kappa shape index (κ1) is 13.7. The van der Waals surface area contributed by atoms with Crippen LogP contribution in [-0.4, -0.2) is 29.5 Å². The number of hydrogen-bond donors (Lipinski definition) is 3. The van der Waals surface area contributed by atoms with Crippen molar-refractivity contribution in [3.63, 3.8) is 0 Å². The van der Waals surface area contributed by atoms with Gasteiger partial charge in [0.2, 0.25) is 0 Å². The molecule has 0 unspecified atom stereocenters. The van der Waals surface area contributed by atoms with Crippen LogP contribution in [-0.2, 0) is 0 Å². The Kier molecular flexibility index (Phi) is 3.61. The summed E-state index contributed by atoms with van der Waals surface area (Å²) in [7, 11) is 1.56. The molecule has 20 heavy (non-hydrogen) atoms. The van der Waals surface area contributed by atoms with E-state index in [1.165, 1.54) is 6.42 Å². The molecule has 3 rings (SSSR count). The maximum atomic E-state index is 10.9. The Morgan fingerprint density at radius 1 is 1.30 bits per heavy atom. The number of aliphatic hydroxyl groups is 1. The molecule has 4 heteroatoms. The Morgan fingerprint density at radius 2 is 2.15 bits per heavy atom. The molecule has 1 heterocycles. The van der Waals surface area contributed by atoms with Gasteiger partial charge in [-0.25, -0.2) is 0 Å². The van der Waals surface area contributed by atoms with Crippen LogP contribution in [0.4, 0.5) is 0 Å². The standard InChI is InChI=1S/C16H23NO3/c1-20-14-10-11(5-6-13(14)18)15-12-4-2-3-7-16(12,19)8-9-17-15/h5-6,10,12,15,17-19H,2-4,7-9H2,1H3/t12-,15-,16+/m1/s1. The lowest BCUT2D eigenvalue weighted by Crippen LogP contribution is -2.53. The lowest BCUT2D eigenvalue weighted by atomic mass is 9.67. The fraction of sp³-hybridized carbons (Fsp3) is 0.625. The number of aromatic hydroxyl groups is 1. The van der Waals surface area contributed by atoms with Gasteiger partial charge in [0.15, 0.2) is 11.5 Å². The van der Waals surface area contributed by atoms with Gasteiger partial charge < -0.3 is 20.3 Å². The van der Waals surface area contributed by atoms with Gasteiger partial charge >= 0.3 is 0 Å². The summed E-state index contributed by atoms with van der Waals surface area (Å²) in [6, 6.07) is 5.62. The maximum Gasteiger partial charge on any atom is 0.160 e. The smallest absolute Gasteiger partial charge is 0.160 e. The minimum atomic E-state index is -0.528. The molecule has 3 atom stereocenters. The van der Waals surface area contributed by atoms with Crippen LogP contribution in [0.15, 0.2) is 18.2 Å². The molecular formula is C16H23NO3. The van der Waals surface area contributed by atoms with Crippen molar-refractivity contribution in [1.29, 1.82) is 0 Å². The normalized spacial score (nSPS) is 33.5. The molecule has 1 aromatic carbocycles. The fourth-order valence-electron chi connectivity index (χ4n) is 3.86. The Balaban J connectivity index is 1.92. The van der Waals surface area contributed by atoms with Crippen LogP contribution in [0.3, 0.4) is 0 Å². The van der Waals surface area contributed by atoms with Crippen molar-refractivity contribution in [1.82, 2.24) is 5.32 Å². The first-order chi connectivity index (χ1) is 9.64. The van der Waals surface area contributed by atoms with Gasteiger partial charge in [-0.1, -0.05) is 18.9 Å². The van der Waals surface area contributed by atoms with E-state index in [4.69, 9.17) is 4.74 Å². The van der Waals surface area contributed by atoms with E-state index in [1.807, 2.05) is 12.1 Å². The van der Waals surface area contributed by atoms with Gasteiger partial charge in [0.25, 0.3) is 0 Å². The predicted octanol–water partition coefficient (Wildman–Crippen LogP) is 2.36. The highest BCUT2D eigenvalue weighted by atomic mass is 16.5. The Labute approximate surface area is 119 Å². The number of ether oxygens (including phenoxy) is 1. The highest BCUT2D eigenvalue weighted by molar-refractivity contribution is 5.43. The Morgan fingerprint density at radius 3 is 2.95 bits per heavy atom. The summed E-state index contributed by atoms with van der Waals surface area (Å²) in [6.07, 6.45) is 5.10. The van der Waals surface area contributed by atoms with Crippen LogP contribution in [0.2, 0.25) is 0 Å². The topological polar surface area (TPSA) is 61.7 Å². The molecular weight excluding hydrogens is 254 g/mol. The van der Waals surface area contributed by atoms with Crippen LogP contribution in [0.5, 0.6) is 11.5 Å². The average Bonchev–Trinajstić information content (AvgIpc) is 2.46. The van der Waals surface area contributed by atoms with E-state index in [2.05, 4.69) is 5.32 Å². The summed E-state index contributed by atoms with van der Waals surface area (Å²) in [5.74, 6) is 0.902. The SMILES string of the molecule is COc1cc([C@H]2NCC[C@@]3(O)CCCC[C@H]23)ccc1O. The van der Waals surface area contributed by atoms with E-state index in [1.54, 1.807) is 13.2 Å². The van der Waals surface area contributed by atoms with E-state index >= 15 is 0 Å². The van der Waals surface area contributed by atoms with E-state index in [-0.39, 0.29) is 17.7 Å². The molecule has 0 amide bonds. The van der Waals surface area contributed by atoms with Gasteiger partial charge in [-0.3, -0.25) is 0 Å². The number of rotatable bonds is 2. The van der Waals surface area contributed by atoms with E-state index in [9.17, 15) is 10.2 Å². The quantitative estimate of drug-likeness (QED) is 0.776. The second-order valence-electron chi connectivity index (χ2n) is 6.07. The summed E-state index contributed by atoms with van der Waals surface area (Å²) in [5.41, 5.74) is 0.559. The van der Waals surface area contributed by atoms with Crippen LogP contribution < -0.4 is 10.1 Å². The molecule has 1 aromatic rings. The molecule has 0 radical (unpaired) electrons. The van der Waals surface area contributed by atoms with Gasteiger partial charge in [-0.15, -0.1) is 0 Å². The summed E-state index contributed by atoms with van der Waals surface area (Å²) in [5, 5.41) is 24.1. The van der Waals surface area contributed by atoms with E-state index in [0.29, 0.717) is 5.75 Å². The van der Waals surface area contributed by atoms with Gasteiger partial charge in [0.05, 0.1) is 12.7 Å². The zero-order valence-electron chi connectivity index (χ0n) is 11.9. The molecule has 1 saturated heterocycles. The van der Waals surface area contributed by atoms with E-state index < -0.39 is 5.60 Å². The molecule has 2 fully saturated rings. The fourth-order valence-corrected chi connectivity index (χ4v) is 3.86. The van der Waals surface area contributed by atoms with Crippen LogP contribution in [0, 0.1) is 5.92 Å². The molecule has 0 spiro atoms. The van der Waals surface area contributed by atoms with Gasteiger partial charge in [-0.2, -0.15) is 0 Å². The minimum Gasteiger partial charge on any atom is -0.504 e. The monoisotopic (exact) mass is 277 g/mol. The summed E-state index contributed by atoms with van der Waals surface area (Å²) in [4.78, 5) is 0. The molecule has 1 aliphatic carbocycles. The molecule has 0 aromatic heterocycles. The first-order valence-electron chi connectivity index (χ1n) is 7.47. The van der Waals surface area contributed by atoms with Crippen LogP contribution >= 0.6 is 0 Å². The second-order valence-corrected chi connectivity index (χ2v) is 6.07. The van der Waals surface area contributed by atoms with Gasteiger partial charge in [0, 0.05) is 12.0 Å². The maximum absolute atomic E-state index is 10.9. The van der Waals surface area contributed by atoms with Crippen molar-refractivity contribution in [2.45, 2.75) is 43.7 Å². The molecule has 3 N–H and O–H groups in total. The highest BCUT2D eigenvalue weighted by Crippen LogP contribution is 2.46. The first-order valence-corrected chi connectivity index (χ1v) is 7.47. The van der Waals surface area contributed by atoms with Crippen LogP contribution in [0.1, 0.15) is 43.7 Å². The number of phenols is 1.